The van der Waals surface area contributed by atoms with Crippen LogP contribution in [-0.4, -0.2) is 49.5 Å². The number of aromatic nitrogens is 4. The Balaban J connectivity index is 0.000000532. The van der Waals surface area contributed by atoms with E-state index >= 15 is 0 Å². The standard InChI is InChI=1S/C22H22F2N6O2.C2HF3O2/c1-13-7-17(9-16-5-6-19(31)26-20(13)16)15-4-2-3-14(8-15)11-29-22(32)30(28-27-29)12-18(10-25)21(23)24;3-2(4,5)1(6)7/h2-4,7-9H,5-6,10-12,25H2,1H3,(H,26,31);(H,6,7). The molecule has 15 heteroatoms. The first-order chi connectivity index (χ1) is 18.3. The summed E-state index contributed by atoms with van der Waals surface area (Å²) < 4.78 is 59.4. The number of anilines is 1. The van der Waals surface area contributed by atoms with E-state index in [9.17, 15) is 31.5 Å². The summed E-state index contributed by atoms with van der Waals surface area (Å²) in [6.07, 6.45) is -5.85. The Morgan fingerprint density at radius 1 is 1.08 bits per heavy atom. The van der Waals surface area contributed by atoms with E-state index < -0.39 is 30.5 Å². The molecule has 1 aromatic heterocycles. The number of nitrogens with zero attached hydrogens (tertiary/aromatic N) is 4. The van der Waals surface area contributed by atoms with Crippen LogP contribution in [0.4, 0.5) is 27.6 Å². The van der Waals surface area contributed by atoms with E-state index in [1.807, 2.05) is 37.3 Å². The molecule has 0 unspecified atom stereocenters. The molecule has 3 aromatic rings. The summed E-state index contributed by atoms with van der Waals surface area (Å²) in [5.74, 6) is -2.73. The number of hydrogen-bond acceptors (Lipinski definition) is 6. The minimum atomic E-state index is -5.08. The molecule has 0 aliphatic carbocycles. The molecule has 208 valence electrons. The lowest BCUT2D eigenvalue weighted by Crippen LogP contribution is -2.27. The molecule has 0 saturated heterocycles. The van der Waals surface area contributed by atoms with Gasteiger partial charge >= 0.3 is 17.8 Å². The van der Waals surface area contributed by atoms with Crippen LogP contribution in [0.5, 0.6) is 0 Å². The molecular formula is C24H23F5N6O4. The summed E-state index contributed by atoms with van der Waals surface area (Å²) >= 11 is 0. The van der Waals surface area contributed by atoms with Crippen LogP contribution in [0.2, 0.25) is 0 Å². The van der Waals surface area contributed by atoms with Crippen molar-refractivity contribution in [3.05, 3.63) is 75.2 Å². The van der Waals surface area contributed by atoms with Crippen LogP contribution >= 0.6 is 0 Å². The van der Waals surface area contributed by atoms with E-state index in [-0.39, 0.29) is 24.6 Å². The van der Waals surface area contributed by atoms with E-state index in [1.165, 1.54) is 0 Å². The maximum absolute atomic E-state index is 12.8. The third kappa shape index (κ3) is 7.34. The summed E-state index contributed by atoms with van der Waals surface area (Å²) in [7, 11) is 0. The molecule has 39 heavy (non-hydrogen) atoms. The molecule has 0 spiro atoms. The van der Waals surface area contributed by atoms with Crippen LogP contribution in [-0.2, 0) is 29.1 Å². The number of rotatable bonds is 6. The van der Waals surface area contributed by atoms with E-state index in [2.05, 4.69) is 21.8 Å². The van der Waals surface area contributed by atoms with Gasteiger partial charge in [0.25, 0.3) is 6.08 Å². The van der Waals surface area contributed by atoms with Gasteiger partial charge in [-0.25, -0.2) is 9.59 Å². The highest BCUT2D eigenvalue weighted by molar-refractivity contribution is 5.95. The first-order valence-electron chi connectivity index (χ1n) is 11.4. The highest BCUT2D eigenvalue weighted by atomic mass is 19.4. The second-order valence-electron chi connectivity index (χ2n) is 8.52. The monoisotopic (exact) mass is 554 g/mol. The molecule has 0 fully saturated rings. The Kier molecular flexibility index (Phi) is 8.96. The number of hydrogen-bond donors (Lipinski definition) is 3. The van der Waals surface area contributed by atoms with E-state index in [0.717, 1.165) is 42.9 Å². The minimum Gasteiger partial charge on any atom is -0.475 e. The molecule has 0 radical (unpaired) electrons. The summed E-state index contributed by atoms with van der Waals surface area (Å²) in [5.41, 5.74) is 10.1. The Morgan fingerprint density at radius 3 is 2.36 bits per heavy atom. The molecule has 1 aliphatic rings. The van der Waals surface area contributed by atoms with Crippen molar-refractivity contribution in [3.8, 4) is 11.1 Å². The van der Waals surface area contributed by atoms with Crippen LogP contribution in [0.3, 0.4) is 0 Å². The van der Waals surface area contributed by atoms with Crippen molar-refractivity contribution in [2.24, 2.45) is 5.73 Å². The van der Waals surface area contributed by atoms with Gasteiger partial charge in [0.05, 0.1) is 13.1 Å². The molecule has 0 bridgehead atoms. The first-order valence-corrected chi connectivity index (χ1v) is 11.4. The molecular weight excluding hydrogens is 531 g/mol. The fraction of sp³-hybridized carbons (Fsp3) is 0.292. The van der Waals surface area contributed by atoms with Gasteiger partial charge in [-0.05, 0) is 69.8 Å². The maximum Gasteiger partial charge on any atom is 0.490 e. The SMILES string of the molecule is Cc1cc(-c2cccc(Cn3nnn(CC(CN)=C(F)F)c3=O)c2)cc2c1NC(=O)CC2.O=C(O)C(F)(F)F. The number of carbonyl (C=O) groups is 2. The average Bonchev–Trinajstić information content (AvgIpc) is 3.21. The van der Waals surface area contributed by atoms with Gasteiger partial charge in [-0.15, -0.1) is 0 Å². The lowest BCUT2D eigenvalue weighted by molar-refractivity contribution is -0.192. The van der Waals surface area contributed by atoms with Crippen molar-refractivity contribution in [2.45, 2.75) is 39.0 Å². The third-order valence-electron chi connectivity index (χ3n) is 5.69. The Bertz CT molecular complexity index is 1470. The number of benzene rings is 2. The fourth-order valence-electron chi connectivity index (χ4n) is 3.76. The topological polar surface area (TPSA) is 145 Å². The molecule has 4 rings (SSSR count). The predicted octanol–water partition coefficient (Wildman–Crippen LogP) is 3.09. The molecule has 0 atom stereocenters. The summed E-state index contributed by atoms with van der Waals surface area (Å²) in [6, 6.07) is 11.7. The molecule has 10 nitrogen and oxygen atoms in total. The van der Waals surface area contributed by atoms with E-state index in [0.29, 0.717) is 12.8 Å². The van der Waals surface area contributed by atoms with Gasteiger partial charge in [0, 0.05) is 24.2 Å². The van der Waals surface area contributed by atoms with Crippen LogP contribution in [0, 0.1) is 6.92 Å². The highest BCUT2D eigenvalue weighted by Gasteiger charge is 2.38. The van der Waals surface area contributed by atoms with Crippen molar-refractivity contribution >= 4 is 17.6 Å². The Hall–Kier alpha value is -4.40. The molecule has 2 heterocycles. The first kappa shape index (κ1) is 29.2. The minimum absolute atomic E-state index is 0.0252. The van der Waals surface area contributed by atoms with Crippen molar-refractivity contribution in [1.29, 1.82) is 0 Å². The largest absolute Gasteiger partial charge is 0.490 e. The van der Waals surface area contributed by atoms with Gasteiger partial charge in [-0.2, -0.15) is 31.3 Å². The average molecular weight is 554 g/mol. The van der Waals surface area contributed by atoms with Gasteiger partial charge in [-0.3, -0.25) is 4.79 Å². The lowest BCUT2D eigenvalue weighted by atomic mass is 9.93. The number of fused-ring (bicyclic) bond motifs is 1. The van der Waals surface area contributed by atoms with Crippen molar-refractivity contribution in [2.75, 3.05) is 11.9 Å². The van der Waals surface area contributed by atoms with Crippen molar-refractivity contribution in [1.82, 2.24) is 19.8 Å². The van der Waals surface area contributed by atoms with Crippen LogP contribution in [0.25, 0.3) is 11.1 Å². The molecule has 0 saturated carbocycles. The third-order valence-corrected chi connectivity index (χ3v) is 5.69. The van der Waals surface area contributed by atoms with E-state index in [1.54, 1.807) is 0 Å². The number of halogens is 5. The van der Waals surface area contributed by atoms with Crippen LogP contribution in [0.15, 0.2) is 52.8 Å². The van der Waals surface area contributed by atoms with Gasteiger partial charge in [-0.1, -0.05) is 18.2 Å². The number of tetrazole rings is 1. The zero-order valence-corrected chi connectivity index (χ0v) is 20.4. The maximum atomic E-state index is 12.8. The fourth-order valence-corrected chi connectivity index (χ4v) is 3.76. The van der Waals surface area contributed by atoms with Crippen molar-refractivity contribution in [3.63, 3.8) is 0 Å². The summed E-state index contributed by atoms with van der Waals surface area (Å²) in [6.45, 7) is 1.34. The van der Waals surface area contributed by atoms with Gasteiger partial charge in [0.2, 0.25) is 5.91 Å². The Morgan fingerprint density at radius 2 is 1.74 bits per heavy atom. The quantitative estimate of drug-likeness (QED) is 0.397. The Labute approximate surface area is 217 Å². The number of carbonyl (C=O) groups excluding carboxylic acids is 1. The van der Waals surface area contributed by atoms with Crippen molar-refractivity contribution < 1.29 is 36.6 Å². The number of aliphatic carboxylic acids is 1. The van der Waals surface area contributed by atoms with Gasteiger partial charge in [0.15, 0.2) is 0 Å². The summed E-state index contributed by atoms with van der Waals surface area (Å²) in [4.78, 5) is 33.1. The number of carboxylic acid groups (broad SMARTS) is 1. The number of carboxylic acids is 1. The van der Waals surface area contributed by atoms with Crippen LogP contribution < -0.4 is 16.7 Å². The molecule has 2 aromatic carbocycles. The smallest absolute Gasteiger partial charge is 0.475 e. The second kappa shape index (κ2) is 12.0. The summed E-state index contributed by atoms with van der Waals surface area (Å²) in [5, 5.41) is 17.6. The second-order valence-corrected chi connectivity index (χ2v) is 8.52. The number of alkyl halides is 3. The zero-order valence-electron chi connectivity index (χ0n) is 20.4. The van der Waals surface area contributed by atoms with Gasteiger partial charge < -0.3 is 16.2 Å². The van der Waals surface area contributed by atoms with Crippen LogP contribution in [0.1, 0.15) is 23.1 Å². The normalized spacial score (nSPS) is 12.6. The highest BCUT2D eigenvalue weighted by Crippen LogP contribution is 2.32. The molecule has 1 aliphatic heterocycles. The number of nitrogens with one attached hydrogen (secondary N) is 1. The molecule has 1 amide bonds. The van der Waals surface area contributed by atoms with E-state index in [4.69, 9.17) is 15.6 Å². The van der Waals surface area contributed by atoms with Gasteiger partial charge in [0.1, 0.15) is 0 Å². The molecule has 4 N–H and O–H groups in total. The lowest BCUT2D eigenvalue weighted by Gasteiger charge is -2.20. The predicted molar refractivity (Wildman–Crippen MR) is 129 cm³/mol. The number of aryl methyl sites for hydroxylation is 2. The zero-order chi connectivity index (χ0) is 28.9. The number of amides is 1. The number of nitrogens with two attached hydrogens (primary N) is 1.